The van der Waals surface area contributed by atoms with E-state index in [9.17, 15) is 9.90 Å². The van der Waals surface area contributed by atoms with Gasteiger partial charge in [-0.25, -0.2) is 4.79 Å². The van der Waals surface area contributed by atoms with Gasteiger partial charge in [0.1, 0.15) is 11.2 Å². The molecule has 0 amide bonds. The van der Waals surface area contributed by atoms with Crippen molar-refractivity contribution < 1.29 is 14.3 Å². The number of benzene rings is 3. The molecule has 2 heterocycles. The fraction of sp³-hybridized carbons (Fsp3) is 0.105. The van der Waals surface area contributed by atoms with Crippen LogP contribution >= 0.6 is 11.6 Å². The molecular formula is C19H13ClO3. The van der Waals surface area contributed by atoms with E-state index in [1.54, 1.807) is 18.2 Å². The summed E-state index contributed by atoms with van der Waals surface area (Å²) < 4.78 is 5.88. The molecule has 2 bridgehead atoms. The lowest BCUT2D eigenvalue weighted by Gasteiger charge is -2.09. The lowest BCUT2D eigenvalue weighted by molar-refractivity contribution is 0.0697. The van der Waals surface area contributed by atoms with Crippen LogP contribution in [0.4, 0.5) is 0 Å². The van der Waals surface area contributed by atoms with Crippen LogP contribution < -0.4 is 0 Å². The lowest BCUT2D eigenvalue weighted by atomic mass is 9.95. The first kappa shape index (κ1) is 14.1. The topological polar surface area (TPSA) is 50.4 Å². The summed E-state index contributed by atoms with van der Waals surface area (Å²) >= 11 is 6.27. The van der Waals surface area contributed by atoms with Crippen molar-refractivity contribution in [2.75, 3.05) is 0 Å². The van der Waals surface area contributed by atoms with Gasteiger partial charge in [-0.05, 0) is 54.8 Å². The SMILES string of the molecule is Cc1c(C)c2oc1c1ccc(-c3c(Cl)cccc3C(=O)O)cc21. The van der Waals surface area contributed by atoms with E-state index >= 15 is 0 Å². The molecule has 0 atom stereocenters. The molecule has 4 aromatic rings. The zero-order chi connectivity index (χ0) is 16.3. The molecule has 0 aliphatic carbocycles. The third kappa shape index (κ3) is 1.87. The number of carbonyl (C=O) groups is 1. The van der Waals surface area contributed by atoms with E-state index in [1.165, 1.54) is 0 Å². The van der Waals surface area contributed by atoms with Crippen molar-refractivity contribution in [1.29, 1.82) is 0 Å². The smallest absolute Gasteiger partial charge is 0.336 e. The van der Waals surface area contributed by atoms with E-state index < -0.39 is 5.97 Å². The maximum atomic E-state index is 11.5. The minimum Gasteiger partial charge on any atom is -0.478 e. The van der Waals surface area contributed by atoms with Crippen LogP contribution in [0.1, 0.15) is 21.5 Å². The quantitative estimate of drug-likeness (QED) is 0.517. The highest BCUT2D eigenvalue weighted by Crippen LogP contribution is 2.41. The molecule has 2 aromatic carbocycles. The molecule has 2 aromatic heterocycles. The first-order chi connectivity index (χ1) is 11.0. The summed E-state index contributed by atoms with van der Waals surface area (Å²) in [5.41, 5.74) is 5.56. The Bertz CT molecular complexity index is 1080. The second-order valence-electron chi connectivity index (χ2n) is 5.74. The zero-order valence-corrected chi connectivity index (χ0v) is 13.4. The van der Waals surface area contributed by atoms with Crippen LogP contribution in [0.15, 0.2) is 40.8 Å². The minimum absolute atomic E-state index is 0.197. The molecule has 0 spiro atoms. The number of hydrogen-bond donors (Lipinski definition) is 1. The van der Waals surface area contributed by atoms with Gasteiger partial charge in [0.15, 0.2) is 0 Å². The van der Waals surface area contributed by atoms with Crippen LogP contribution in [0.5, 0.6) is 0 Å². The Kier molecular flexibility index (Phi) is 2.90. The average molecular weight is 325 g/mol. The normalized spacial score (nSPS) is 11.6. The number of aromatic carboxylic acids is 1. The molecule has 0 aliphatic heterocycles. The standard InChI is InChI=1S/C19H13ClO3/c1-9-10(2)18-14-8-11(6-7-12(14)17(9)23-18)16-13(19(21)22)4-3-5-15(16)20/h3-8H,1-2H3,(H,21,22). The zero-order valence-electron chi connectivity index (χ0n) is 12.6. The summed E-state index contributed by atoms with van der Waals surface area (Å²) in [6, 6.07) is 10.7. The number of carboxylic acid groups (broad SMARTS) is 1. The first-order valence-corrected chi connectivity index (χ1v) is 7.63. The van der Waals surface area contributed by atoms with Gasteiger partial charge in [-0.3, -0.25) is 0 Å². The molecule has 114 valence electrons. The van der Waals surface area contributed by atoms with Crippen molar-refractivity contribution in [2.24, 2.45) is 0 Å². The average Bonchev–Trinajstić information content (AvgIpc) is 3.04. The monoisotopic (exact) mass is 324 g/mol. The van der Waals surface area contributed by atoms with Crippen molar-refractivity contribution in [3.63, 3.8) is 0 Å². The Morgan fingerprint density at radius 3 is 2.43 bits per heavy atom. The van der Waals surface area contributed by atoms with Crippen molar-refractivity contribution >= 4 is 39.5 Å². The molecule has 0 unspecified atom stereocenters. The van der Waals surface area contributed by atoms with E-state index in [4.69, 9.17) is 16.0 Å². The maximum absolute atomic E-state index is 11.5. The van der Waals surface area contributed by atoms with Gasteiger partial charge in [0.05, 0.1) is 5.56 Å². The highest BCUT2D eigenvalue weighted by molar-refractivity contribution is 6.34. The summed E-state index contributed by atoms with van der Waals surface area (Å²) in [4.78, 5) is 11.5. The fourth-order valence-electron chi connectivity index (χ4n) is 3.19. The third-order valence-electron chi connectivity index (χ3n) is 4.49. The van der Waals surface area contributed by atoms with Crippen molar-refractivity contribution in [3.05, 3.63) is 58.1 Å². The molecular weight excluding hydrogens is 312 g/mol. The second kappa shape index (κ2) is 4.74. The number of carboxylic acids is 1. The Labute approximate surface area is 137 Å². The molecule has 0 saturated heterocycles. The predicted octanol–water partition coefficient (Wildman–Crippen LogP) is 5.66. The van der Waals surface area contributed by atoms with Crippen LogP contribution in [0.3, 0.4) is 0 Å². The summed E-state index contributed by atoms with van der Waals surface area (Å²) in [6.45, 7) is 4.08. The van der Waals surface area contributed by atoms with Gasteiger partial charge >= 0.3 is 5.97 Å². The minimum atomic E-state index is -0.991. The molecule has 0 aliphatic rings. The Morgan fingerprint density at radius 2 is 1.74 bits per heavy atom. The highest BCUT2D eigenvalue weighted by Gasteiger charge is 2.20. The molecule has 0 radical (unpaired) electrons. The number of furan rings is 2. The number of fused-ring (bicyclic) bond motifs is 5. The van der Waals surface area contributed by atoms with Gasteiger partial charge in [-0.1, -0.05) is 23.7 Å². The fourth-order valence-corrected chi connectivity index (χ4v) is 3.47. The first-order valence-electron chi connectivity index (χ1n) is 7.26. The van der Waals surface area contributed by atoms with Crippen LogP contribution in [0.25, 0.3) is 33.1 Å². The Hall–Kier alpha value is -2.52. The summed E-state index contributed by atoms with van der Waals surface area (Å²) in [5, 5.41) is 11.9. The van der Waals surface area contributed by atoms with E-state index in [0.717, 1.165) is 38.6 Å². The summed E-state index contributed by atoms with van der Waals surface area (Å²) in [5.74, 6) is -0.991. The van der Waals surface area contributed by atoms with Crippen molar-refractivity contribution in [2.45, 2.75) is 13.8 Å². The molecule has 0 fully saturated rings. The number of aryl methyl sites for hydroxylation is 2. The van der Waals surface area contributed by atoms with Gasteiger partial charge in [0.25, 0.3) is 0 Å². The van der Waals surface area contributed by atoms with Crippen LogP contribution in [-0.4, -0.2) is 11.1 Å². The largest absolute Gasteiger partial charge is 0.478 e. The highest BCUT2D eigenvalue weighted by atomic mass is 35.5. The van der Waals surface area contributed by atoms with Gasteiger partial charge in [-0.15, -0.1) is 0 Å². The van der Waals surface area contributed by atoms with Crippen molar-refractivity contribution in [1.82, 2.24) is 0 Å². The number of rotatable bonds is 2. The van der Waals surface area contributed by atoms with Gasteiger partial charge < -0.3 is 9.52 Å². The van der Waals surface area contributed by atoms with Gasteiger partial charge in [0, 0.05) is 21.4 Å². The van der Waals surface area contributed by atoms with Gasteiger partial charge in [-0.2, -0.15) is 0 Å². The van der Waals surface area contributed by atoms with Crippen molar-refractivity contribution in [3.8, 4) is 11.1 Å². The predicted molar refractivity (Wildman–Crippen MR) is 91.8 cm³/mol. The lowest BCUT2D eigenvalue weighted by Crippen LogP contribution is -1.99. The number of hydrogen-bond acceptors (Lipinski definition) is 2. The number of halogens is 1. The summed E-state index contributed by atoms with van der Waals surface area (Å²) in [6.07, 6.45) is 0. The molecule has 23 heavy (non-hydrogen) atoms. The molecule has 0 saturated carbocycles. The van der Waals surface area contributed by atoms with Gasteiger partial charge in [0.2, 0.25) is 0 Å². The third-order valence-corrected chi connectivity index (χ3v) is 4.80. The molecule has 3 nitrogen and oxygen atoms in total. The van der Waals surface area contributed by atoms with E-state index in [1.807, 2.05) is 32.0 Å². The van der Waals surface area contributed by atoms with Crippen LogP contribution in [-0.2, 0) is 0 Å². The molecule has 4 heteroatoms. The van der Waals surface area contributed by atoms with E-state index in [0.29, 0.717) is 10.6 Å². The van der Waals surface area contributed by atoms with E-state index in [2.05, 4.69) is 0 Å². The van der Waals surface area contributed by atoms with Crippen LogP contribution in [0, 0.1) is 13.8 Å². The van der Waals surface area contributed by atoms with Crippen LogP contribution in [0.2, 0.25) is 5.02 Å². The summed E-state index contributed by atoms with van der Waals surface area (Å²) in [7, 11) is 0. The van der Waals surface area contributed by atoms with E-state index in [-0.39, 0.29) is 5.56 Å². The Morgan fingerprint density at radius 1 is 1.04 bits per heavy atom. The Balaban J connectivity index is 2.04. The second-order valence-corrected chi connectivity index (χ2v) is 6.15. The maximum Gasteiger partial charge on any atom is 0.336 e. The molecule has 1 N–H and O–H groups in total. The molecule has 4 rings (SSSR count).